The summed E-state index contributed by atoms with van der Waals surface area (Å²) < 4.78 is 16.6. The largest absolute Gasteiger partial charge is 0.353 e. The van der Waals surface area contributed by atoms with Gasteiger partial charge in [-0.2, -0.15) is 0 Å². The summed E-state index contributed by atoms with van der Waals surface area (Å²) in [6.07, 6.45) is 4.41. The summed E-state index contributed by atoms with van der Waals surface area (Å²) in [5.41, 5.74) is 4.71. The second-order valence-electron chi connectivity index (χ2n) is 9.24. The van der Waals surface area contributed by atoms with Crippen molar-refractivity contribution in [1.82, 2.24) is 19.8 Å². The number of carbonyl (C=O) groups is 1. The van der Waals surface area contributed by atoms with Crippen molar-refractivity contribution in [3.8, 4) is 0 Å². The van der Waals surface area contributed by atoms with Crippen LogP contribution in [-0.2, 0) is 11.2 Å². The second kappa shape index (κ2) is 10.5. The van der Waals surface area contributed by atoms with E-state index in [4.69, 9.17) is 4.98 Å². The van der Waals surface area contributed by atoms with Crippen molar-refractivity contribution < 1.29 is 9.18 Å². The zero-order valence-electron chi connectivity index (χ0n) is 20.0. The second-order valence-corrected chi connectivity index (χ2v) is 9.24. The summed E-state index contributed by atoms with van der Waals surface area (Å²) in [7, 11) is 0. The molecule has 0 unspecified atom stereocenters. The maximum atomic E-state index is 14.5. The number of aryl methyl sites for hydroxylation is 2. The van der Waals surface area contributed by atoms with Gasteiger partial charge in [-0.25, -0.2) is 9.37 Å². The van der Waals surface area contributed by atoms with Crippen LogP contribution in [0.25, 0.3) is 11.0 Å². The van der Waals surface area contributed by atoms with E-state index in [1.54, 1.807) is 12.1 Å². The van der Waals surface area contributed by atoms with Gasteiger partial charge >= 0.3 is 0 Å². The maximum absolute atomic E-state index is 14.5. The monoisotopic (exact) mass is 450 g/mol. The van der Waals surface area contributed by atoms with Crippen LogP contribution in [0.5, 0.6) is 0 Å². The first kappa shape index (κ1) is 23.4. The number of amides is 1. The van der Waals surface area contributed by atoms with Gasteiger partial charge in [0.2, 0.25) is 5.91 Å². The third-order valence-electron chi connectivity index (χ3n) is 6.79. The van der Waals surface area contributed by atoms with Crippen LogP contribution in [0.2, 0.25) is 0 Å². The Morgan fingerprint density at radius 3 is 2.61 bits per heavy atom. The first-order valence-corrected chi connectivity index (χ1v) is 12.2. The van der Waals surface area contributed by atoms with E-state index in [0.717, 1.165) is 54.0 Å². The SMILES string of the molecule is CCC[C@H](C(=O)NCCN1CCCC1)n1c(Cc2ccccc2F)nc2cc(C)c(C)cc21. The number of hydrogen-bond acceptors (Lipinski definition) is 3. The number of aromatic nitrogens is 2. The number of nitrogens with zero attached hydrogens (tertiary/aromatic N) is 3. The Morgan fingerprint density at radius 2 is 1.88 bits per heavy atom. The van der Waals surface area contributed by atoms with Crippen molar-refractivity contribution in [3.05, 3.63) is 64.7 Å². The lowest BCUT2D eigenvalue weighted by Crippen LogP contribution is -2.38. The standard InChI is InChI=1S/C27H35FN4O/c1-4-9-24(27(33)29-12-15-31-13-7-8-14-31)32-25-17-20(3)19(2)16-23(25)30-26(32)18-21-10-5-6-11-22(21)28/h5-6,10-11,16-17,24H,4,7-9,12-15,18H2,1-3H3,(H,29,33)/t24-/m1/s1. The summed E-state index contributed by atoms with van der Waals surface area (Å²) in [5, 5.41) is 3.17. The molecule has 0 radical (unpaired) electrons. The Labute approximate surface area is 196 Å². The molecular weight excluding hydrogens is 415 g/mol. The predicted molar refractivity (Wildman–Crippen MR) is 131 cm³/mol. The van der Waals surface area contributed by atoms with Gasteiger partial charge < -0.3 is 14.8 Å². The average molecular weight is 451 g/mol. The van der Waals surface area contributed by atoms with Crippen LogP contribution in [0.1, 0.15) is 61.2 Å². The Bertz CT molecular complexity index is 1120. The summed E-state index contributed by atoms with van der Waals surface area (Å²) in [6, 6.07) is 10.6. The molecule has 1 amide bonds. The lowest BCUT2D eigenvalue weighted by atomic mass is 10.1. The summed E-state index contributed by atoms with van der Waals surface area (Å²) >= 11 is 0. The molecule has 0 aliphatic carbocycles. The van der Waals surface area contributed by atoms with E-state index in [2.05, 4.69) is 47.7 Å². The molecule has 1 aromatic heterocycles. The van der Waals surface area contributed by atoms with Gasteiger partial charge in [-0.15, -0.1) is 0 Å². The minimum atomic E-state index is -0.373. The van der Waals surface area contributed by atoms with E-state index in [1.807, 2.05) is 6.07 Å². The van der Waals surface area contributed by atoms with E-state index < -0.39 is 0 Å². The molecule has 33 heavy (non-hydrogen) atoms. The van der Waals surface area contributed by atoms with Gasteiger partial charge in [0.1, 0.15) is 17.7 Å². The Hall–Kier alpha value is -2.73. The van der Waals surface area contributed by atoms with Gasteiger partial charge in [0.05, 0.1) is 11.0 Å². The van der Waals surface area contributed by atoms with Crippen LogP contribution >= 0.6 is 0 Å². The first-order valence-electron chi connectivity index (χ1n) is 12.2. The molecule has 3 aromatic rings. The maximum Gasteiger partial charge on any atom is 0.243 e. The van der Waals surface area contributed by atoms with Crippen LogP contribution in [0.3, 0.4) is 0 Å². The molecule has 1 aliphatic rings. The van der Waals surface area contributed by atoms with Crippen molar-refractivity contribution in [1.29, 1.82) is 0 Å². The molecule has 176 valence electrons. The number of rotatable bonds is 9. The Morgan fingerprint density at radius 1 is 1.15 bits per heavy atom. The summed E-state index contributed by atoms with van der Waals surface area (Å²) in [5.74, 6) is 0.502. The third kappa shape index (κ3) is 5.27. The molecule has 0 spiro atoms. The van der Waals surface area contributed by atoms with Gasteiger partial charge in [0.25, 0.3) is 0 Å². The van der Waals surface area contributed by atoms with Gasteiger partial charge in [-0.05, 0) is 81.1 Å². The molecular formula is C27H35FN4O. The van der Waals surface area contributed by atoms with E-state index in [0.29, 0.717) is 24.9 Å². The molecule has 5 nitrogen and oxygen atoms in total. The molecule has 4 rings (SSSR count). The normalized spacial score (nSPS) is 15.3. The molecule has 2 aromatic carbocycles. The highest BCUT2D eigenvalue weighted by Gasteiger charge is 2.26. The van der Waals surface area contributed by atoms with Crippen molar-refractivity contribution >= 4 is 16.9 Å². The number of imidazole rings is 1. The van der Waals surface area contributed by atoms with E-state index in [1.165, 1.54) is 18.9 Å². The average Bonchev–Trinajstić information content (AvgIpc) is 3.42. The van der Waals surface area contributed by atoms with Gasteiger partial charge in [-0.3, -0.25) is 4.79 Å². The number of hydrogen-bond donors (Lipinski definition) is 1. The summed E-state index contributed by atoms with van der Waals surface area (Å²) in [4.78, 5) is 20.7. The zero-order chi connectivity index (χ0) is 23.4. The molecule has 1 atom stereocenters. The number of fused-ring (bicyclic) bond motifs is 1. The minimum absolute atomic E-state index is 0.0170. The van der Waals surface area contributed by atoms with Crippen molar-refractivity contribution in [2.24, 2.45) is 0 Å². The number of likely N-dealkylation sites (tertiary alicyclic amines) is 1. The molecule has 1 aliphatic heterocycles. The highest BCUT2D eigenvalue weighted by Crippen LogP contribution is 2.29. The zero-order valence-corrected chi connectivity index (χ0v) is 20.0. The quantitative estimate of drug-likeness (QED) is 0.503. The highest BCUT2D eigenvalue weighted by molar-refractivity contribution is 5.85. The Kier molecular flexibility index (Phi) is 7.43. The van der Waals surface area contributed by atoms with Crippen molar-refractivity contribution in [2.45, 2.75) is 58.9 Å². The van der Waals surface area contributed by atoms with Crippen LogP contribution in [0, 0.1) is 19.7 Å². The fourth-order valence-electron chi connectivity index (χ4n) is 4.80. The van der Waals surface area contributed by atoms with E-state index in [9.17, 15) is 9.18 Å². The fraction of sp³-hybridized carbons (Fsp3) is 0.481. The molecule has 0 saturated carbocycles. The molecule has 1 fully saturated rings. The van der Waals surface area contributed by atoms with Gasteiger partial charge in [-0.1, -0.05) is 31.5 Å². The number of halogens is 1. The van der Waals surface area contributed by atoms with Gasteiger partial charge in [0.15, 0.2) is 0 Å². The lowest BCUT2D eigenvalue weighted by Gasteiger charge is -2.22. The predicted octanol–water partition coefficient (Wildman–Crippen LogP) is 4.94. The van der Waals surface area contributed by atoms with Crippen LogP contribution in [0.4, 0.5) is 4.39 Å². The topological polar surface area (TPSA) is 50.2 Å². The van der Waals surface area contributed by atoms with Crippen LogP contribution in [-0.4, -0.2) is 46.5 Å². The third-order valence-corrected chi connectivity index (χ3v) is 6.79. The minimum Gasteiger partial charge on any atom is -0.353 e. The van der Waals surface area contributed by atoms with Crippen LogP contribution < -0.4 is 5.32 Å². The van der Waals surface area contributed by atoms with E-state index >= 15 is 0 Å². The lowest BCUT2D eigenvalue weighted by molar-refractivity contribution is -0.124. The number of nitrogens with one attached hydrogen (secondary N) is 1. The first-order chi connectivity index (χ1) is 16.0. The smallest absolute Gasteiger partial charge is 0.243 e. The molecule has 0 bridgehead atoms. The van der Waals surface area contributed by atoms with Crippen LogP contribution in [0.15, 0.2) is 36.4 Å². The van der Waals surface area contributed by atoms with E-state index in [-0.39, 0.29) is 17.8 Å². The number of carbonyl (C=O) groups excluding carboxylic acids is 1. The molecule has 6 heteroatoms. The fourth-order valence-corrected chi connectivity index (χ4v) is 4.80. The van der Waals surface area contributed by atoms with Gasteiger partial charge in [0, 0.05) is 19.5 Å². The highest BCUT2D eigenvalue weighted by atomic mass is 19.1. The number of benzene rings is 2. The molecule has 2 heterocycles. The Balaban J connectivity index is 1.68. The van der Waals surface area contributed by atoms with Crippen molar-refractivity contribution in [3.63, 3.8) is 0 Å². The molecule has 1 N–H and O–H groups in total. The summed E-state index contributed by atoms with van der Waals surface area (Å²) in [6.45, 7) is 10.0. The van der Waals surface area contributed by atoms with Crippen molar-refractivity contribution in [2.75, 3.05) is 26.2 Å². The molecule has 1 saturated heterocycles.